The molecule has 0 atom stereocenters. The number of anilines is 1. The van der Waals surface area contributed by atoms with Gasteiger partial charge in [0.05, 0.1) is 11.4 Å². The normalized spacial score (nSPS) is 10.7. The van der Waals surface area contributed by atoms with Gasteiger partial charge >= 0.3 is 0 Å². The Morgan fingerprint density at radius 2 is 2.00 bits per heavy atom. The Morgan fingerprint density at radius 1 is 1.27 bits per heavy atom. The standard InChI is InChI=1S/C15H12IN3O2S/c1-8-13(9(2)21-19-8)14(20)18-15-17-12(7-22-15)10-3-5-11(16)6-4-10/h3-7H,1-2H3,(H,17,18,20). The van der Waals surface area contributed by atoms with E-state index >= 15 is 0 Å². The minimum Gasteiger partial charge on any atom is -0.361 e. The van der Waals surface area contributed by atoms with Crippen molar-refractivity contribution in [1.29, 1.82) is 0 Å². The molecule has 0 bridgehead atoms. The van der Waals surface area contributed by atoms with Gasteiger partial charge in [-0.2, -0.15) is 0 Å². The van der Waals surface area contributed by atoms with Gasteiger partial charge in [-0.15, -0.1) is 11.3 Å². The molecule has 5 nitrogen and oxygen atoms in total. The summed E-state index contributed by atoms with van der Waals surface area (Å²) < 4.78 is 6.18. The van der Waals surface area contributed by atoms with Crippen LogP contribution in [0.25, 0.3) is 11.3 Å². The first kappa shape index (κ1) is 15.2. The van der Waals surface area contributed by atoms with Crippen molar-refractivity contribution in [3.63, 3.8) is 0 Å². The Morgan fingerprint density at radius 3 is 2.64 bits per heavy atom. The van der Waals surface area contributed by atoms with E-state index in [2.05, 4.69) is 38.0 Å². The van der Waals surface area contributed by atoms with Crippen LogP contribution in [0.1, 0.15) is 21.8 Å². The molecule has 7 heteroatoms. The topological polar surface area (TPSA) is 68.0 Å². The van der Waals surface area contributed by atoms with Crippen LogP contribution in [0, 0.1) is 17.4 Å². The Hall–Kier alpha value is -1.74. The van der Waals surface area contributed by atoms with Crippen LogP contribution < -0.4 is 5.32 Å². The highest BCUT2D eigenvalue weighted by atomic mass is 127. The van der Waals surface area contributed by atoms with E-state index < -0.39 is 0 Å². The zero-order chi connectivity index (χ0) is 15.7. The Labute approximate surface area is 144 Å². The van der Waals surface area contributed by atoms with E-state index in [1.807, 2.05) is 29.6 Å². The van der Waals surface area contributed by atoms with Crippen LogP contribution >= 0.6 is 33.9 Å². The molecule has 22 heavy (non-hydrogen) atoms. The second-order valence-corrected chi connectivity index (χ2v) is 6.80. The van der Waals surface area contributed by atoms with Crippen LogP contribution in [-0.4, -0.2) is 16.0 Å². The fourth-order valence-corrected chi connectivity index (χ4v) is 3.13. The molecule has 0 aliphatic rings. The number of amides is 1. The average molecular weight is 425 g/mol. The molecule has 2 aromatic heterocycles. The molecule has 112 valence electrons. The molecule has 0 unspecified atom stereocenters. The summed E-state index contributed by atoms with van der Waals surface area (Å²) >= 11 is 3.65. The van der Waals surface area contributed by atoms with Gasteiger partial charge in [0, 0.05) is 14.5 Å². The first-order chi connectivity index (χ1) is 10.5. The summed E-state index contributed by atoms with van der Waals surface area (Å²) in [6.45, 7) is 3.46. The lowest BCUT2D eigenvalue weighted by atomic mass is 10.2. The molecule has 1 N–H and O–H groups in total. The van der Waals surface area contributed by atoms with Gasteiger partial charge in [0.25, 0.3) is 5.91 Å². The van der Waals surface area contributed by atoms with E-state index in [4.69, 9.17) is 4.52 Å². The van der Waals surface area contributed by atoms with Crippen molar-refractivity contribution < 1.29 is 9.32 Å². The smallest absolute Gasteiger partial charge is 0.262 e. The van der Waals surface area contributed by atoms with Crippen LogP contribution in [0.2, 0.25) is 0 Å². The second kappa shape index (κ2) is 6.17. The van der Waals surface area contributed by atoms with Gasteiger partial charge in [0.1, 0.15) is 11.3 Å². The van der Waals surface area contributed by atoms with Gasteiger partial charge in [-0.05, 0) is 48.6 Å². The average Bonchev–Trinajstić information content (AvgIpc) is 3.07. The number of nitrogens with one attached hydrogen (secondary N) is 1. The quantitative estimate of drug-likeness (QED) is 0.637. The van der Waals surface area contributed by atoms with Crippen molar-refractivity contribution in [3.8, 4) is 11.3 Å². The number of halogens is 1. The highest BCUT2D eigenvalue weighted by Crippen LogP contribution is 2.26. The zero-order valence-corrected chi connectivity index (χ0v) is 14.9. The third-order valence-electron chi connectivity index (χ3n) is 3.13. The molecule has 1 amide bonds. The predicted molar refractivity (Wildman–Crippen MR) is 94.2 cm³/mol. The highest BCUT2D eigenvalue weighted by Gasteiger charge is 2.18. The molecule has 0 saturated carbocycles. The van der Waals surface area contributed by atoms with Crippen LogP contribution in [0.3, 0.4) is 0 Å². The van der Waals surface area contributed by atoms with Gasteiger partial charge in [0.15, 0.2) is 5.13 Å². The molecular formula is C15H12IN3O2S. The van der Waals surface area contributed by atoms with E-state index in [1.165, 1.54) is 14.9 Å². The zero-order valence-electron chi connectivity index (χ0n) is 11.9. The maximum absolute atomic E-state index is 12.3. The fraction of sp³-hybridized carbons (Fsp3) is 0.133. The number of carbonyl (C=O) groups excluding carboxylic acids is 1. The van der Waals surface area contributed by atoms with E-state index in [9.17, 15) is 4.79 Å². The lowest BCUT2D eigenvalue weighted by Gasteiger charge is -2.00. The second-order valence-electron chi connectivity index (χ2n) is 4.70. The molecule has 0 saturated heterocycles. The number of benzene rings is 1. The van der Waals surface area contributed by atoms with Crippen molar-refractivity contribution in [1.82, 2.24) is 10.1 Å². The summed E-state index contributed by atoms with van der Waals surface area (Å²) in [5, 5.41) is 9.06. The molecule has 0 aliphatic heterocycles. The van der Waals surface area contributed by atoms with Crippen LogP contribution in [0.15, 0.2) is 34.2 Å². The number of hydrogen-bond donors (Lipinski definition) is 1. The molecule has 3 rings (SSSR count). The number of carbonyl (C=O) groups is 1. The third-order valence-corrected chi connectivity index (χ3v) is 4.60. The minimum atomic E-state index is -0.250. The maximum atomic E-state index is 12.3. The summed E-state index contributed by atoms with van der Waals surface area (Å²) in [7, 11) is 0. The molecule has 3 aromatic rings. The monoisotopic (exact) mass is 425 g/mol. The lowest BCUT2D eigenvalue weighted by molar-refractivity contribution is 0.102. The molecule has 0 spiro atoms. The van der Waals surface area contributed by atoms with Crippen molar-refractivity contribution in [3.05, 3.63) is 50.2 Å². The first-order valence-electron chi connectivity index (χ1n) is 6.50. The maximum Gasteiger partial charge on any atom is 0.262 e. The molecule has 1 aromatic carbocycles. The lowest BCUT2D eigenvalue weighted by Crippen LogP contribution is -2.13. The summed E-state index contributed by atoms with van der Waals surface area (Å²) in [5.41, 5.74) is 2.90. The third kappa shape index (κ3) is 3.05. The summed E-state index contributed by atoms with van der Waals surface area (Å²) in [6.07, 6.45) is 0. The molecule has 0 aliphatic carbocycles. The Kier molecular flexibility index (Phi) is 4.25. The summed E-state index contributed by atoms with van der Waals surface area (Å²) in [5.74, 6) is 0.254. The highest BCUT2D eigenvalue weighted by molar-refractivity contribution is 14.1. The number of aromatic nitrogens is 2. The van der Waals surface area contributed by atoms with E-state index in [0.717, 1.165) is 11.3 Å². The summed E-state index contributed by atoms with van der Waals surface area (Å²) in [6, 6.07) is 8.07. The Balaban J connectivity index is 1.80. The van der Waals surface area contributed by atoms with Crippen molar-refractivity contribution in [2.45, 2.75) is 13.8 Å². The van der Waals surface area contributed by atoms with Crippen molar-refractivity contribution in [2.75, 3.05) is 5.32 Å². The first-order valence-corrected chi connectivity index (χ1v) is 8.46. The fourth-order valence-electron chi connectivity index (χ4n) is 2.05. The number of nitrogens with zero attached hydrogens (tertiary/aromatic N) is 2. The predicted octanol–water partition coefficient (Wildman–Crippen LogP) is 4.27. The number of aryl methyl sites for hydroxylation is 2. The van der Waals surface area contributed by atoms with Crippen LogP contribution in [0.4, 0.5) is 5.13 Å². The molecule has 2 heterocycles. The van der Waals surface area contributed by atoms with Gasteiger partial charge in [-0.3, -0.25) is 10.1 Å². The van der Waals surface area contributed by atoms with Gasteiger partial charge < -0.3 is 4.52 Å². The summed E-state index contributed by atoms with van der Waals surface area (Å²) in [4.78, 5) is 16.7. The van der Waals surface area contributed by atoms with E-state index in [-0.39, 0.29) is 5.91 Å². The molecular weight excluding hydrogens is 413 g/mol. The number of hydrogen-bond acceptors (Lipinski definition) is 5. The van der Waals surface area contributed by atoms with Gasteiger partial charge in [0.2, 0.25) is 0 Å². The molecule has 0 radical (unpaired) electrons. The SMILES string of the molecule is Cc1noc(C)c1C(=O)Nc1nc(-c2ccc(I)cc2)cs1. The van der Waals surface area contributed by atoms with E-state index in [1.54, 1.807) is 13.8 Å². The van der Waals surface area contributed by atoms with Gasteiger partial charge in [-0.1, -0.05) is 17.3 Å². The van der Waals surface area contributed by atoms with Crippen molar-refractivity contribution >= 4 is 45.0 Å². The van der Waals surface area contributed by atoms with E-state index in [0.29, 0.717) is 22.1 Å². The largest absolute Gasteiger partial charge is 0.361 e. The number of rotatable bonds is 3. The molecule has 0 fully saturated rings. The van der Waals surface area contributed by atoms with Crippen LogP contribution in [-0.2, 0) is 0 Å². The number of thiazole rings is 1. The minimum absolute atomic E-state index is 0.250. The van der Waals surface area contributed by atoms with Crippen molar-refractivity contribution in [2.24, 2.45) is 0 Å². The van der Waals surface area contributed by atoms with Gasteiger partial charge in [-0.25, -0.2) is 4.98 Å². The Bertz CT molecular complexity index is 804. The van der Waals surface area contributed by atoms with Crippen LogP contribution in [0.5, 0.6) is 0 Å².